The molecular weight excluding hydrogens is 344 g/mol. The lowest BCUT2D eigenvalue weighted by atomic mass is 9.46. The van der Waals surface area contributed by atoms with Gasteiger partial charge in [-0.1, -0.05) is 25.0 Å². The van der Waals surface area contributed by atoms with E-state index in [1.54, 1.807) is 6.08 Å². The molecule has 0 radical (unpaired) electrons. The lowest BCUT2D eigenvalue weighted by molar-refractivity contribution is -0.291. The number of carbonyl (C=O) groups excluding carboxylic acids is 2. The summed E-state index contributed by atoms with van der Waals surface area (Å²) < 4.78 is 0. The Balaban J connectivity index is 1.67. The first-order valence-corrected chi connectivity index (χ1v) is 10.1. The topological polar surface area (TPSA) is 94.8 Å². The summed E-state index contributed by atoms with van der Waals surface area (Å²) in [5.74, 6) is -3.30. The molecule has 0 bridgehead atoms. The van der Waals surface area contributed by atoms with Crippen LogP contribution >= 0.6 is 0 Å². The Morgan fingerprint density at radius 1 is 1.07 bits per heavy atom. The van der Waals surface area contributed by atoms with Gasteiger partial charge in [-0.3, -0.25) is 9.59 Å². The fourth-order valence-corrected chi connectivity index (χ4v) is 7.24. The SMILES string of the molecule is CC1=CC(=O)C=C2CC[C@@H]3[C@H](CC[C@]4(C)[C@@H](C(=O)C(O)(O)O)CC[C@@H]34)[C@@]12C. The molecule has 27 heavy (non-hydrogen) atoms. The van der Waals surface area contributed by atoms with Crippen molar-refractivity contribution in [3.05, 3.63) is 23.3 Å². The van der Waals surface area contributed by atoms with Crippen molar-refractivity contribution in [3.63, 3.8) is 0 Å². The molecule has 3 N–H and O–H groups in total. The number of hydrogen-bond acceptors (Lipinski definition) is 5. The van der Waals surface area contributed by atoms with Crippen LogP contribution in [0.25, 0.3) is 0 Å². The zero-order chi connectivity index (χ0) is 19.8. The standard InChI is InChI=1S/C22H30O5/c1-12-10-14(23)11-13-4-5-15-16-6-7-18(19(24)22(25,26)27)20(16,2)9-8-17(15)21(12,13)3/h10-11,15-18,25-27H,4-9H2,1-3H3/t15-,16-,17-,18+,20-,21-/m0/s1. The summed E-state index contributed by atoms with van der Waals surface area (Å²) in [6.45, 7) is 6.43. The second kappa shape index (κ2) is 5.85. The fraction of sp³-hybridized carbons (Fsp3) is 0.727. The van der Waals surface area contributed by atoms with Crippen molar-refractivity contribution in [2.45, 2.75) is 65.3 Å². The van der Waals surface area contributed by atoms with Crippen LogP contribution in [0.3, 0.4) is 0 Å². The molecule has 5 nitrogen and oxygen atoms in total. The van der Waals surface area contributed by atoms with Gasteiger partial charge in [-0.2, -0.15) is 0 Å². The third-order valence-electron chi connectivity index (χ3n) is 8.73. The number of allylic oxidation sites excluding steroid dienone is 4. The van der Waals surface area contributed by atoms with Gasteiger partial charge in [0.1, 0.15) is 0 Å². The largest absolute Gasteiger partial charge is 0.339 e. The molecule has 0 spiro atoms. The highest BCUT2D eigenvalue weighted by atomic mass is 16.7. The van der Waals surface area contributed by atoms with Gasteiger partial charge in [-0.25, -0.2) is 0 Å². The van der Waals surface area contributed by atoms with E-state index in [4.69, 9.17) is 0 Å². The first-order chi connectivity index (χ1) is 12.5. The van der Waals surface area contributed by atoms with Crippen LogP contribution in [0.5, 0.6) is 0 Å². The van der Waals surface area contributed by atoms with Gasteiger partial charge < -0.3 is 15.3 Å². The Morgan fingerprint density at radius 3 is 2.44 bits per heavy atom. The van der Waals surface area contributed by atoms with Crippen molar-refractivity contribution in [1.29, 1.82) is 0 Å². The molecule has 0 heterocycles. The third kappa shape index (κ3) is 2.55. The van der Waals surface area contributed by atoms with E-state index in [-0.39, 0.29) is 16.6 Å². The first-order valence-electron chi connectivity index (χ1n) is 10.1. The lowest BCUT2D eigenvalue weighted by Crippen LogP contribution is -2.53. The molecule has 0 aromatic heterocycles. The average Bonchev–Trinajstić information content (AvgIpc) is 2.92. The van der Waals surface area contributed by atoms with Crippen molar-refractivity contribution >= 4 is 11.6 Å². The molecule has 0 saturated heterocycles. The summed E-state index contributed by atoms with van der Waals surface area (Å²) >= 11 is 0. The van der Waals surface area contributed by atoms with Crippen LogP contribution in [-0.4, -0.2) is 32.9 Å². The maximum absolute atomic E-state index is 12.5. The van der Waals surface area contributed by atoms with Crippen LogP contribution in [0, 0.1) is 34.5 Å². The maximum Gasteiger partial charge on any atom is 0.339 e. The zero-order valence-corrected chi connectivity index (χ0v) is 16.4. The Labute approximate surface area is 160 Å². The van der Waals surface area contributed by atoms with Gasteiger partial charge in [0.05, 0.1) is 0 Å². The van der Waals surface area contributed by atoms with E-state index >= 15 is 0 Å². The van der Waals surface area contributed by atoms with Crippen molar-refractivity contribution in [1.82, 2.24) is 0 Å². The summed E-state index contributed by atoms with van der Waals surface area (Å²) in [6.07, 6.45) is 8.77. The van der Waals surface area contributed by atoms with Gasteiger partial charge in [0.2, 0.25) is 5.78 Å². The van der Waals surface area contributed by atoms with Crippen LogP contribution in [0.4, 0.5) is 0 Å². The number of ketones is 2. The number of fused-ring (bicyclic) bond motifs is 5. The smallest absolute Gasteiger partial charge is 0.337 e. The highest BCUT2D eigenvalue weighted by molar-refractivity contribution is 6.02. The highest BCUT2D eigenvalue weighted by Crippen LogP contribution is 2.67. The number of aliphatic hydroxyl groups is 3. The van der Waals surface area contributed by atoms with Gasteiger partial charge in [-0.15, -0.1) is 0 Å². The molecule has 0 aliphatic heterocycles. The molecule has 6 atom stereocenters. The van der Waals surface area contributed by atoms with Gasteiger partial charge >= 0.3 is 5.97 Å². The van der Waals surface area contributed by atoms with Gasteiger partial charge in [0.15, 0.2) is 5.78 Å². The second-order valence-corrected chi connectivity index (χ2v) is 9.69. The van der Waals surface area contributed by atoms with E-state index in [1.807, 2.05) is 6.08 Å². The van der Waals surface area contributed by atoms with E-state index in [0.29, 0.717) is 24.2 Å². The molecule has 3 saturated carbocycles. The van der Waals surface area contributed by atoms with E-state index in [1.165, 1.54) is 5.57 Å². The molecule has 0 aromatic rings. The quantitative estimate of drug-likeness (QED) is 0.646. The average molecular weight is 374 g/mol. The molecule has 0 aromatic carbocycles. The van der Waals surface area contributed by atoms with E-state index in [2.05, 4.69) is 20.8 Å². The number of carbonyl (C=O) groups is 2. The minimum atomic E-state index is -3.24. The van der Waals surface area contributed by atoms with Crippen molar-refractivity contribution in [2.75, 3.05) is 0 Å². The predicted octanol–water partition coefficient (Wildman–Crippen LogP) is 2.50. The zero-order valence-electron chi connectivity index (χ0n) is 16.4. The summed E-state index contributed by atoms with van der Waals surface area (Å²) in [6, 6.07) is 0. The maximum atomic E-state index is 12.5. The molecular formula is C22H30O5. The fourth-order valence-electron chi connectivity index (χ4n) is 7.24. The van der Waals surface area contributed by atoms with Gasteiger partial charge in [-0.05, 0) is 80.8 Å². The van der Waals surface area contributed by atoms with Gasteiger partial charge in [0, 0.05) is 11.3 Å². The Kier molecular flexibility index (Phi) is 4.12. The molecule has 4 aliphatic carbocycles. The third-order valence-corrected chi connectivity index (χ3v) is 8.73. The Bertz CT molecular complexity index is 757. The molecule has 4 aliphatic rings. The minimum absolute atomic E-state index is 0.0883. The van der Waals surface area contributed by atoms with Crippen LogP contribution in [0.15, 0.2) is 23.3 Å². The molecule has 4 rings (SSSR count). The van der Waals surface area contributed by atoms with Crippen molar-refractivity contribution < 1.29 is 24.9 Å². The Morgan fingerprint density at radius 2 is 1.78 bits per heavy atom. The van der Waals surface area contributed by atoms with Crippen molar-refractivity contribution in [2.24, 2.45) is 34.5 Å². The predicted molar refractivity (Wildman–Crippen MR) is 99.1 cm³/mol. The minimum Gasteiger partial charge on any atom is -0.337 e. The van der Waals surface area contributed by atoms with Crippen LogP contribution in [-0.2, 0) is 9.59 Å². The van der Waals surface area contributed by atoms with E-state index < -0.39 is 17.7 Å². The normalized spacial score (nSPS) is 44.0. The van der Waals surface area contributed by atoms with Crippen LogP contribution in [0.1, 0.15) is 59.3 Å². The molecule has 5 heteroatoms. The van der Waals surface area contributed by atoms with E-state index in [9.17, 15) is 24.9 Å². The number of Topliss-reactive ketones (excluding diaryl/α,β-unsaturated/α-hetero) is 1. The number of hydrogen-bond donors (Lipinski definition) is 3. The van der Waals surface area contributed by atoms with Crippen LogP contribution in [0.2, 0.25) is 0 Å². The molecule has 0 amide bonds. The number of rotatable bonds is 2. The van der Waals surface area contributed by atoms with Gasteiger partial charge in [0.25, 0.3) is 0 Å². The Hall–Kier alpha value is -1.30. The first kappa shape index (κ1) is 19.0. The second-order valence-electron chi connectivity index (χ2n) is 9.69. The van der Waals surface area contributed by atoms with E-state index in [0.717, 1.165) is 37.7 Å². The van der Waals surface area contributed by atoms with Crippen molar-refractivity contribution in [3.8, 4) is 0 Å². The van der Waals surface area contributed by atoms with Crippen LogP contribution < -0.4 is 0 Å². The molecule has 3 fully saturated rings. The monoisotopic (exact) mass is 374 g/mol. The lowest BCUT2D eigenvalue weighted by Gasteiger charge is -2.58. The summed E-state index contributed by atoms with van der Waals surface area (Å²) in [5.41, 5.74) is 2.00. The molecule has 148 valence electrons. The summed E-state index contributed by atoms with van der Waals surface area (Å²) in [4.78, 5) is 24.5. The summed E-state index contributed by atoms with van der Waals surface area (Å²) in [5, 5.41) is 28.4. The summed E-state index contributed by atoms with van der Waals surface area (Å²) in [7, 11) is 0. The molecule has 0 unspecified atom stereocenters. The highest BCUT2D eigenvalue weighted by Gasteiger charge is 2.62.